The molecule has 0 amide bonds. The monoisotopic (exact) mass is 323 g/mol. The molecule has 0 bridgehead atoms. The van der Waals surface area contributed by atoms with E-state index in [2.05, 4.69) is 11.8 Å². The molecule has 0 aliphatic rings. The molecule has 0 unspecified atom stereocenters. The van der Waals surface area contributed by atoms with Crippen LogP contribution in [0, 0.1) is 17.7 Å². The molecule has 0 spiro atoms. The molecule has 5 heteroatoms. The summed E-state index contributed by atoms with van der Waals surface area (Å²) in [6.07, 6.45) is 0. The number of halogens is 3. The highest BCUT2D eigenvalue weighted by Crippen LogP contribution is 2.32. The minimum absolute atomic E-state index is 0.137. The van der Waals surface area contributed by atoms with Crippen LogP contribution in [0.25, 0.3) is 0 Å². The van der Waals surface area contributed by atoms with Crippen molar-refractivity contribution in [2.24, 2.45) is 5.73 Å². The first-order valence-corrected chi connectivity index (χ1v) is 6.91. The number of para-hydroxylation sites is 1. The summed E-state index contributed by atoms with van der Waals surface area (Å²) < 4.78 is 19.1. The number of nitrogens with two attached hydrogens (primary N) is 1. The smallest absolute Gasteiger partial charge is 0.156 e. The quantitative estimate of drug-likeness (QED) is 0.866. The maximum Gasteiger partial charge on any atom is 0.156 e. The zero-order valence-electron chi connectivity index (χ0n) is 11.0. The second-order valence-electron chi connectivity index (χ2n) is 4.19. The van der Waals surface area contributed by atoms with Crippen LogP contribution in [0.4, 0.5) is 4.39 Å². The summed E-state index contributed by atoms with van der Waals surface area (Å²) in [5.74, 6) is 5.45. The molecule has 0 fully saturated rings. The Morgan fingerprint density at radius 1 is 1.14 bits per heavy atom. The highest BCUT2D eigenvalue weighted by atomic mass is 35.5. The lowest BCUT2D eigenvalue weighted by Crippen LogP contribution is -1.98. The average Bonchev–Trinajstić information content (AvgIpc) is 2.44. The molecule has 108 valence electrons. The Kier molecular flexibility index (Phi) is 5.46. The minimum Gasteiger partial charge on any atom is -0.486 e. The highest BCUT2D eigenvalue weighted by molar-refractivity contribution is 6.37. The van der Waals surface area contributed by atoms with E-state index in [1.54, 1.807) is 24.3 Å². The van der Waals surface area contributed by atoms with E-state index in [-0.39, 0.29) is 19.0 Å². The second-order valence-corrected chi connectivity index (χ2v) is 5.01. The first-order chi connectivity index (χ1) is 10.1. The fourth-order valence-corrected chi connectivity index (χ4v) is 2.24. The van der Waals surface area contributed by atoms with Gasteiger partial charge in [0, 0.05) is 5.56 Å². The van der Waals surface area contributed by atoms with Gasteiger partial charge in [-0.25, -0.2) is 4.39 Å². The lowest BCUT2D eigenvalue weighted by molar-refractivity contribution is 0.306. The van der Waals surface area contributed by atoms with E-state index in [9.17, 15) is 4.39 Å². The Morgan fingerprint density at radius 2 is 1.86 bits per heavy atom. The molecule has 0 aliphatic heterocycles. The van der Waals surface area contributed by atoms with Gasteiger partial charge in [-0.15, -0.1) is 0 Å². The molecule has 0 heterocycles. The molecule has 0 saturated carbocycles. The Hall–Kier alpha value is -1.73. The van der Waals surface area contributed by atoms with Gasteiger partial charge in [0.05, 0.1) is 16.6 Å². The third-order valence-corrected chi connectivity index (χ3v) is 3.19. The van der Waals surface area contributed by atoms with Crippen LogP contribution in [0.15, 0.2) is 36.4 Å². The Labute approximate surface area is 132 Å². The molecular weight excluding hydrogens is 312 g/mol. The molecule has 21 heavy (non-hydrogen) atoms. The zero-order chi connectivity index (χ0) is 15.2. The summed E-state index contributed by atoms with van der Waals surface area (Å²) in [5, 5.41) is 0.809. The summed E-state index contributed by atoms with van der Waals surface area (Å²) in [4.78, 5) is 0. The van der Waals surface area contributed by atoms with Crippen LogP contribution in [0.1, 0.15) is 11.1 Å². The number of rotatable bonds is 3. The molecule has 2 aromatic rings. The van der Waals surface area contributed by atoms with Crippen LogP contribution in [-0.2, 0) is 6.61 Å². The van der Waals surface area contributed by atoms with Crippen molar-refractivity contribution in [3.63, 3.8) is 0 Å². The fraction of sp³-hybridized carbons (Fsp3) is 0.125. The van der Waals surface area contributed by atoms with Gasteiger partial charge < -0.3 is 10.5 Å². The summed E-state index contributed by atoms with van der Waals surface area (Å²) >= 11 is 12.0. The van der Waals surface area contributed by atoms with Gasteiger partial charge in [-0.1, -0.05) is 41.1 Å². The van der Waals surface area contributed by atoms with Crippen molar-refractivity contribution in [1.29, 1.82) is 0 Å². The number of ether oxygens (including phenoxy) is 1. The third-order valence-electron chi connectivity index (χ3n) is 2.59. The third kappa shape index (κ3) is 4.37. The molecule has 2 nitrogen and oxygen atoms in total. The van der Waals surface area contributed by atoms with Crippen molar-refractivity contribution in [1.82, 2.24) is 0 Å². The maximum absolute atomic E-state index is 13.5. The number of hydrogen-bond donors (Lipinski definition) is 1. The summed E-state index contributed by atoms with van der Waals surface area (Å²) in [6, 6.07) is 9.52. The number of hydrogen-bond acceptors (Lipinski definition) is 2. The zero-order valence-corrected chi connectivity index (χ0v) is 12.5. The van der Waals surface area contributed by atoms with Crippen LogP contribution < -0.4 is 10.5 Å². The lowest BCUT2D eigenvalue weighted by Gasteiger charge is -2.10. The van der Waals surface area contributed by atoms with E-state index in [4.69, 9.17) is 33.7 Å². The van der Waals surface area contributed by atoms with Gasteiger partial charge in [-0.3, -0.25) is 0 Å². The Bertz CT molecular complexity index is 687. The minimum atomic E-state index is -0.386. The molecule has 2 rings (SSSR count). The fourth-order valence-electron chi connectivity index (χ4n) is 1.73. The van der Waals surface area contributed by atoms with E-state index in [0.29, 0.717) is 26.9 Å². The van der Waals surface area contributed by atoms with Crippen molar-refractivity contribution in [2.45, 2.75) is 6.61 Å². The van der Waals surface area contributed by atoms with E-state index in [0.717, 1.165) is 0 Å². The van der Waals surface area contributed by atoms with Gasteiger partial charge in [0.15, 0.2) is 5.75 Å². The average molecular weight is 324 g/mol. The van der Waals surface area contributed by atoms with Crippen LogP contribution in [0.2, 0.25) is 10.0 Å². The van der Waals surface area contributed by atoms with Gasteiger partial charge in [0.2, 0.25) is 0 Å². The van der Waals surface area contributed by atoms with Crippen LogP contribution >= 0.6 is 23.2 Å². The molecular formula is C16H12Cl2FNO. The first-order valence-electron chi connectivity index (χ1n) is 6.15. The maximum atomic E-state index is 13.5. The van der Waals surface area contributed by atoms with E-state index in [1.165, 1.54) is 12.1 Å². The molecule has 0 saturated heterocycles. The lowest BCUT2D eigenvalue weighted by atomic mass is 10.1. The Balaban J connectivity index is 2.18. The topological polar surface area (TPSA) is 35.2 Å². The van der Waals surface area contributed by atoms with Crippen molar-refractivity contribution in [2.75, 3.05) is 6.54 Å². The van der Waals surface area contributed by atoms with E-state index < -0.39 is 0 Å². The van der Waals surface area contributed by atoms with Gasteiger partial charge in [-0.05, 0) is 35.9 Å². The molecule has 0 atom stereocenters. The standard InChI is InChI=1S/C16H12Cl2FNO/c17-14-4-1-5-15(18)16(14)21-10-12-7-11(3-2-6-20)8-13(19)9-12/h1,4-5,7-9H,6,10,20H2. The van der Waals surface area contributed by atoms with Crippen molar-refractivity contribution in [3.05, 3.63) is 63.4 Å². The van der Waals surface area contributed by atoms with Crippen LogP contribution in [0.5, 0.6) is 5.75 Å². The summed E-state index contributed by atoms with van der Waals surface area (Å²) in [7, 11) is 0. The molecule has 0 aliphatic carbocycles. The van der Waals surface area contributed by atoms with Crippen LogP contribution in [-0.4, -0.2) is 6.54 Å². The van der Waals surface area contributed by atoms with E-state index in [1.807, 2.05) is 0 Å². The predicted octanol–water partition coefficient (Wildman–Crippen LogP) is 4.02. The molecule has 2 aromatic carbocycles. The normalized spacial score (nSPS) is 9.90. The molecule has 0 radical (unpaired) electrons. The van der Waals surface area contributed by atoms with Crippen LogP contribution in [0.3, 0.4) is 0 Å². The highest BCUT2D eigenvalue weighted by Gasteiger charge is 2.07. The van der Waals surface area contributed by atoms with Gasteiger partial charge in [-0.2, -0.15) is 0 Å². The second kappa shape index (κ2) is 7.33. The van der Waals surface area contributed by atoms with Gasteiger partial charge in [0.25, 0.3) is 0 Å². The largest absolute Gasteiger partial charge is 0.486 e. The number of benzene rings is 2. The van der Waals surface area contributed by atoms with Crippen molar-refractivity contribution in [3.8, 4) is 17.6 Å². The molecule has 2 N–H and O–H groups in total. The predicted molar refractivity (Wildman–Crippen MR) is 83.1 cm³/mol. The summed E-state index contributed by atoms with van der Waals surface area (Å²) in [6.45, 7) is 0.357. The summed E-state index contributed by atoms with van der Waals surface area (Å²) in [5.41, 5.74) is 6.48. The Morgan fingerprint density at radius 3 is 2.52 bits per heavy atom. The van der Waals surface area contributed by atoms with Gasteiger partial charge >= 0.3 is 0 Å². The van der Waals surface area contributed by atoms with Crippen molar-refractivity contribution >= 4 is 23.2 Å². The SMILES string of the molecule is NCC#Cc1cc(F)cc(COc2c(Cl)cccc2Cl)c1. The molecule has 0 aromatic heterocycles. The van der Waals surface area contributed by atoms with Crippen molar-refractivity contribution < 1.29 is 9.13 Å². The first kappa shape index (κ1) is 15.7. The van der Waals surface area contributed by atoms with E-state index >= 15 is 0 Å². The van der Waals surface area contributed by atoms with Gasteiger partial charge in [0.1, 0.15) is 12.4 Å².